The zero-order chi connectivity index (χ0) is 12.9. The van der Waals surface area contributed by atoms with Gasteiger partial charge < -0.3 is 5.32 Å². The summed E-state index contributed by atoms with van der Waals surface area (Å²) in [5.74, 6) is 0.185. The molecule has 0 aliphatic heterocycles. The largest absolute Gasteiger partial charge is 0.416 e. The van der Waals surface area contributed by atoms with Crippen molar-refractivity contribution in [3.05, 3.63) is 35.4 Å². The summed E-state index contributed by atoms with van der Waals surface area (Å²) in [6, 6.07) is 5.65. The topological polar surface area (TPSA) is 12.0 Å². The van der Waals surface area contributed by atoms with Gasteiger partial charge in [-0.3, -0.25) is 0 Å². The maximum Gasteiger partial charge on any atom is 0.416 e. The molecule has 96 valence electrons. The average molecular weight is 245 g/mol. The summed E-state index contributed by atoms with van der Waals surface area (Å²) in [6.07, 6.45) is -2.55. The van der Waals surface area contributed by atoms with Gasteiger partial charge in [0.2, 0.25) is 0 Å². The highest BCUT2D eigenvalue weighted by molar-refractivity contribution is 5.28. The molecule has 0 saturated carbocycles. The molecule has 0 aliphatic rings. The van der Waals surface area contributed by atoms with Crippen LogP contribution in [0, 0.1) is 0 Å². The SMILES string of the molecule is CCC(CCNC)c1cccc(C(F)(F)F)c1. The Labute approximate surface area is 100 Å². The molecule has 4 heteroatoms. The predicted octanol–water partition coefficient (Wildman–Crippen LogP) is 3.81. The van der Waals surface area contributed by atoms with Crippen LogP contribution in [-0.4, -0.2) is 13.6 Å². The maximum atomic E-state index is 12.6. The van der Waals surface area contributed by atoms with Crippen molar-refractivity contribution >= 4 is 0 Å². The molecule has 0 amide bonds. The molecule has 1 rings (SSSR count). The normalized spacial score (nSPS) is 13.7. The first-order chi connectivity index (χ1) is 7.99. The highest BCUT2D eigenvalue weighted by Gasteiger charge is 2.30. The van der Waals surface area contributed by atoms with Crippen LogP contribution in [0.5, 0.6) is 0 Å². The molecule has 1 aromatic carbocycles. The van der Waals surface area contributed by atoms with Gasteiger partial charge in [-0.25, -0.2) is 0 Å². The molecule has 17 heavy (non-hydrogen) atoms. The predicted molar refractivity (Wildman–Crippen MR) is 63.0 cm³/mol. The molecule has 1 unspecified atom stereocenters. The second-order valence-electron chi connectivity index (χ2n) is 4.12. The second-order valence-corrected chi connectivity index (χ2v) is 4.12. The number of alkyl halides is 3. The lowest BCUT2D eigenvalue weighted by molar-refractivity contribution is -0.137. The van der Waals surface area contributed by atoms with Crippen molar-refractivity contribution in [2.24, 2.45) is 0 Å². The summed E-state index contributed by atoms with van der Waals surface area (Å²) < 4.78 is 37.7. The number of halogens is 3. The van der Waals surface area contributed by atoms with E-state index in [0.717, 1.165) is 31.0 Å². The Morgan fingerprint density at radius 1 is 1.29 bits per heavy atom. The van der Waals surface area contributed by atoms with Crippen LogP contribution in [0.1, 0.15) is 36.8 Å². The molecule has 0 saturated heterocycles. The Morgan fingerprint density at radius 2 is 2.00 bits per heavy atom. The van der Waals surface area contributed by atoms with Crippen molar-refractivity contribution in [1.82, 2.24) is 5.32 Å². The number of hydrogen-bond donors (Lipinski definition) is 1. The summed E-state index contributed by atoms with van der Waals surface area (Å²) in [6.45, 7) is 2.81. The van der Waals surface area contributed by atoms with E-state index in [1.54, 1.807) is 6.07 Å². The van der Waals surface area contributed by atoms with E-state index in [2.05, 4.69) is 5.32 Å². The Balaban J connectivity index is 2.89. The van der Waals surface area contributed by atoms with E-state index in [-0.39, 0.29) is 5.92 Å². The van der Waals surface area contributed by atoms with Gasteiger partial charge in [0.1, 0.15) is 0 Å². The standard InChI is InChI=1S/C13H18F3N/c1-3-10(7-8-17-2)11-5-4-6-12(9-11)13(14,15)16/h4-6,9-10,17H,3,7-8H2,1-2H3. The molecule has 0 spiro atoms. The van der Waals surface area contributed by atoms with Gasteiger partial charge in [-0.2, -0.15) is 13.2 Å². The molecule has 1 aromatic rings. The van der Waals surface area contributed by atoms with E-state index >= 15 is 0 Å². The molecule has 0 bridgehead atoms. The van der Waals surface area contributed by atoms with Gasteiger partial charge in [-0.05, 0) is 44.0 Å². The quantitative estimate of drug-likeness (QED) is 0.831. The summed E-state index contributed by atoms with van der Waals surface area (Å²) in [7, 11) is 1.85. The van der Waals surface area contributed by atoms with Crippen molar-refractivity contribution in [3.63, 3.8) is 0 Å². The smallest absolute Gasteiger partial charge is 0.320 e. The lowest BCUT2D eigenvalue weighted by atomic mass is 9.92. The number of hydrogen-bond acceptors (Lipinski definition) is 1. The fourth-order valence-corrected chi connectivity index (χ4v) is 1.89. The van der Waals surface area contributed by atoms with Gasteiger partial charge in [0, 0.05) is 0 Å². The van der Waals surface area contributed by atoms with Gasteiger partial charge in [0.25, 0.3) is 0 Å². The third kappa shape index (κ3) is 4.04. The zero-order valence-electron chi connectivity index (χ0n) is 10.1. The molecular weight excluding hydrogens is 227 g/mol. The van der Waals surface area contributed by atoms with Crippen molar-refractivity contribution in [3.8, 4) is 0 Å². The molecule has 0 aliphatic carbocycles. The average Bonchev–Trinajstić information content (AvgIpc) is 2.29. The molecule has 0 aromatic heterocycles. The van der Waals surface area contributed by atoms with E-state index < -0.39 is 11.7 Å². The molecule has 0 radical (unpaired) electrons. The fraction of sp³-hybridized carbons (Fsp3) is 0.538. The first-order valence-electron chi connectivity index (χ1n) is 5.80. The minimum absolute atomic E-state index is 0.185. The Kier molecular flexibility index (Phi) is 5.00. The zero-order valence-corrected chi connectivity index (χ0v) is 10.1. The Hall–Kier alpha value is -1.03. The monoisotopic (exact) mass is 245 g/mol. The Bertz CT molecular complexity index is 347. The number of rotatable bonds is 5. The minimum Gasteiger partial charge on any atom is -0.320 e. The lowest BCUT2D eigenvalue weighted by Crippen LogP contribution is -2.13. The maximum absolute atomic E-state index is 12.6. The lowest BCUT2D eigenvalue weighted by Gasteiger charge is -2.17. The van der Waals surface area contributed by atoms with Crippen LogP contribution < -0.4 is 5.32 Å². The highest BCUT2D eigenvalue weighted by atomic mass is 19.4. The third-order valence-corrected chi connectivity index (χ3v) is 2.92. The second kappa shape index (κ2) is 6.05. The highest BCUT2D eigenvalue weighted by Crippen LogP contribution is 2.32. The van der Waals surface area contributed by atoms with Crippen molar-refractivity contribution in [1.29, 1.82) is 0 Å². The van der Waals surface area contributed by atoms with Crippen LogP contribution in [-0.2, 0) is 6.18 Å². The van der Waals surface area contributed by atoms with Crippen LogP contribution in [0.15, 0.2) is 24.3 Å². The van der Waals surface area contributed by atoms with Gasteiger partial charge >= 0.3 is 6.18 Å². The minimum atomic E-state index is -4.25. The van der Waals surface area contributed by atoms with Gasteiger partial charge in [0.05, 0.1) is 5.56 Å². The van der Waals surface area contributed by atoms with E-state index in [9.17, 15) is 13.2 Å². The van der Waals surface area contributed by atoms with Gasteiger partial charge in [0.15, 0.2) is 0 Å². The van der Waals surface area contributed by atoms with E-state index in [1.807, 2.05) is 14.0 Å². The Morgan fingerprint density at radius 3 is 2.53 bits per heavy atom. The molecular formula is C13H18F3N. The summed E-state index contributed by atoms with van der Waals surface area (Å²) in [5, 5.41) is 3.02. The van der Waals surface area contributed by atoms with Crippen molar-refractivity contribution in [2.75, 3.05) is 13.6 Å². The van der Waals surface area contributed by atoms with Crippen LogP contribution >= 0.6 is 0 Å². The van der Waals surface area contributed by atoms with E-state index in [1.165, 1.54) is 12.1 Å². The summed E-state index contributed by atoms with van der Waals surface area (Å²) >= 11 is 0. The van der Waals surface area contributed by atoms with E-state index in [0.29, 0.717) is 0 Å². The van der Waals surface area contributed by atoms with E-state index in [4.69, 9.17) is 0 Å². The molecule has 0 fully saturated rings. The first kappa shape index (κ1) is 14.0. The third-order valence-electron chi connectivity index (χ3n) is 2.92. The van der Waals surface area contributed by atoms with Crippen molar-refractivity contribution < 1.29 is 13.2 Å². The van der Waals surface area contributed by atoms with Crippen LogP contribution in [0.25, 0.3) is 0 Å². The van der Waals surface area contributed by atoms with Crippen LogP contribution in [0.2, 0.25) is 0 Å². The van der Waals surface area contributed by atoms with Crippen LogP contribution in [0.3, 0.4) is 0 Å². The van der Waals surface area contributed by atoms with Gasteiger partial charge in [-0.1, -0.05) is 25.1 Å². The molecule has 0 heterocycles. The van der Waals surface area contributed by atoms with Crippen LogP contribution in [0.4, 0.5) is 13.2 Å². The number of benzene rings is 1. The first-order valence-corrected chi connectivity index (χ1v) is 5.80. The summed E-state index contributed by atoms with van der Waals surface area (Å²) in [5.41, 5.74) is 0.218. The fourth-order valence-electron chi connectivity index (χ4n) is 1.89. The number of nitrogens with one attached hydrogen (secondary N) is 1. The van der Waals surface area contributed by atoms with Gasteiger partial charge in [-0.15, -0.1) is 0 Å². The molecule has 1 atom stereocenters. The molecule has 1 nitrogen and oxygen atoms in total. The molecule has 1 N–H and O–H groups in total. The van der Waals surface area contributed by atoms with Crippen molar-refractivity contribution in [2.45, 2.75) is 31.9 Å². The summed E-state index contributed by atoms with van der Waals surface area (Å²) in [4.78, 5) is 0.